The van der Waals surface area contributed by atoms with Crippen molar-refractivity contribution in [3.8, 4) is 27.7 Å². The van der Waals surface area contributed by atoms with Crippen molar-refractivity contribution in [2.45, 2.75) is 19.3 Å². The van der Waals surface area contributed by atoms with Crippen LogP contribution in [0.1, 0.15) is 35.2 Å². The predicted molar refractivity (Wildman–Crippen MR) is 136 cm³/mol. The third-order valence-electron chi connectivity index (χ3n) is 6.36. The first-order valence-corrected chi connectivity index (χ1v) is 12.6. The lowest BCUT2D eigenvalue weighted by Crippen LogP contribution is -2.33. The highest BCUT2D eigenvalue weighted by molar-refractivity contribution is 7.22. The van der Waals surface area contributed by atoms with Crippen LogP contribution in [0.5, 0.6) is 17.2 Å². The van der Waals surface area contributed by atoms with Crippen LogP contribution in [-0.2, 0) is 0 Å². The molecule has 2 heterocycles. The summed E-state index contributed by atoms with van der Waals surface area (Å²) in [7, 11) is 0. The molecule has 0 unspecified atom stereocenters. The summed E-state index contributed by atoms with van der Waals surface area (Å²) in [6.45, 7) is 3.71. The fourth-order valence-corrected chi connectivity index (χ4v) is 5.69. The predicted octanol–water partition coefficient (Wildman–Crippen LogP) is 6.21. The molecule has 0 amide bonds. The molecule has 1 aliphatic rings. The van der Waals surface area contributed by atoms with Crippen LogP contribution in [-0.4, -0.2) is 47.1 Å². The van der Waals surface area contributed by atoms with Gasteiger partial charge in [-0.3, -0.25) is 9.69 Å². The number of piperidine rings is 1. The van der Waals surface area contributed by atoms with Crippen molar-refractivity contribution in [3.05, 3.63) is 77.6 Å². The number of ether oxygens (including phenoxy) is 1. The topological polar surface area (TPSA) is 70.0 Å². The Morgan fingerprint density at radius 2 is 1.69 bits per heavy atom. The maximum absolute atomic E-state index is 14.3. The third-order valence-corrected chi connectivity index (χ3v) is 7.56. The lowest BCUT2D eigenvalue weighted by Gasteiger charge is -2.26. The number of phenolic OH excluding ortho intramolecular Hbond substituents is 2. The van der Waals surface area contributed by atoms with E-state index < -0.39 is 11.6 Å². The lowest BCUT2D eigenvalue weighted by atomic mass is 9.97. The molecule has 2 N–H and O–H groups in total. The Hall–Kier alpha value is -3.42. The molecule has 0 atom stereocenters. The van der Waals surface area contributed by atoms with Crippen molar-refractivity contribution < 1.29 is 24.1 Å². The van der Waals surface area contributed by atoms with E-state index in [2.05, 4.69) is 4.90 Å². The van der Waals surface area contributed by atoms with Crippen LogP contribution in [0.15, 0.2) is 60.7 Å². The van der Waals surface area contributed by atoms with Crippen molar-refractivity contribution in [2.75, 3.05) is 26.2 Å². The first-order chi connectivity index (χ1) is 17.0. The van der Waals surface area contributed by atoms with Gasteiger partial charge in [-0.2, -0.15) is 0 Å². The number of fused-ring (bicyclic) bond motifs is 1. The average Bonchev–Trinajstić information content (AvgIpc) is 3.23. The summed E-state index contributed by atoms with van der Waals surface area (Å²) in [6.07, 6.45) is 3.78. The molecule has 3 aromatic carbocycles. The fourth-order valence-electron chi connectivity index (χ4n) is 4.47. The number of benzene rings is 3. The Morgan fingerprint density at radius 1 is 0.971 bits per heavy atom. The SMILES string of the molecule is O=C(c1ccc(OCCN2CCCCC2)cc1)c1c(-c2ccc(O)cc2)sc2cc(O)c(F)cc12. The number of thiophene rings is 1. The van der Waals surface area contributed by atoms with Crippen LogP contribution in [0.25, 0.3) is 20.5 Å². The Labute approximate surface area is 207 Å². The van der Waals surface area contributed by atoms with Gasteiger partial charge in [-0.25, -0.2) is 4.39 Å². The van der Waals surface area contributed by atoms with Gasteiger partial charge in [0.15, 0.2) is 17.3 Å². The summed E-state index contributed by atoms with van der Waals surface area (Å²) < 4.78 is 20.7. The highest BCUT2D eigenvalue weighted by Crippen LogP contribution is 2.42. The molecular formula is C28H26FNO4S. The van der Waals surface area contributed by atoms with Gasteiger partial charge in [0.25, 0.3) is 0 Å². The van der Waals surface area contributed by atoms with E-state index in [4.69, 9.17) is 4.74 Å². The second kappa shape index (κ2) is 10.1. The number of hydrogen-bond acceptors (Lipinski definition) is 6. The van der Waals surface area contributed by atoms with E-state index in [9.17, 15) is 19.4 Å². The summed E-state index contributed by atoms with van der Waals surface area (Å²) in [5, 5.41) is 20.0. The zero-order chi connectivity index (χ0) is 24.4. The number of ketones is 1. The van der Waals surface area contributed by atoms with Gasteiger partial charge in [-0.05, 0) is 86.1 Å². The maximum Gasteiger partial charge on any atom is 0.195 e. The second-order valence-corrected chi connectivity index (χ2v) is 9.81. The quantitative estimate of drug-likeness (QED) is 0.301. The van der Waals surface area contributed by atoms with E-state index in [1.165, 1.54) is 42.7 Å². The normalized spacial score (nSPS) is 14.3. The van der Waals surface area contributed by atoms with Gasteiger partial charge in [-0.15, -0.1) is 11.3 Å². The third kappa shape index (κ3) is 5.01. The number of nitrogens with zero attached hydrogens (tertiary/aromatic N) is 1. The summed E-state index contributed by atoms with van der Waals surface area (Å²) >= 11 is 1.30. The van der Waals surface area contributed by atoms with Crippen LogP contribution in [0, 0.1) is 5.82 Å². The zero-order valence-corrected chi connectivity index (χ0v) is 20.0. The van der Waals surface area contributed by atoms with Crippen molar-refractivity contribution in [2.24, 2.45) is 0 Å². The molecule has 1 aromatic heterocycles. The van der Waals surface area contributed by atoms with Crippen LogP contribution in [0.4, 0.5) is 4.39 Å². The molecule has 5 nitrogen and oxygen atoms in total. The van der Waals surface area contributed by atoms with E-state index in [-0.39, 0.29) is 11.5 Å². The molecule has 180 valence electrons. The molecule has 1 saturated heterocycles. The Bertz CT molecular complexity index is 1340. The number of likely N-dealkylation sites (tertiary alicyclic amines) is 1. The minimum Gasteiger partial charge on any atom is -0.508 e. The number of carbonyl (C=O) groups excluding carboxylic acids is 1. The highest BCUT2D eigenvalue weighted by atomic mass is 32.1. The van der Waals surface area contributed by atoms with Gasteiger partial charge < -0.3 is 14.9 Å². The lowest BCUT2D eigenvalue weighted by molar-refractivity contribution is 0.104. The second-order valence-electron chi connectivity index (χ2n) is 8.76. The van der Waals surface area contributed by atoms with E-state index >= 15 is 0 Å². The number of hydrogen-bond donors (Lipinski definition) is 2. The van der Waals surface area contributed by atoms with Gasteiger partial charge in [0.2, 0.25) is 0 Å². The number of halogens is 1. The molecule has 35 heavy (non-hydrogen) atoms. The minimum atomic E-state index is -0.779. The molecule has 7 heteroatoms. The largest absolute Gasteiger partial charge is 0.508 e. The van der Waals surface area contributed by atoms with Gasteiger partial charge in [0.05, 0.1) is 0 Å². The Morgan fingerprint density at radius 3 is 2.40 bits per heavy atom. The van der Waals surface area contributed by atoms with E-state index in [1.54, 1.807) is 48.5 Å². The summed E-state index contributed by atoms with van der Waals surface area (Å²) in [4.78, 5) is 16.7. The first-order valence-electron chi connectivity index (χ1n) is 11.7. The van der Waals surface area contributed by atoms with Crippen molar-refractivity contribution in [1.82, 2.24) is 4.90 Å². The van der Waals surface area contributed by atoms with E-state index in [0.717, 1.165) is 25.2 Å². The van der Waals surface area contributed by atoms with E-state index in [0.29, 0.717) is 38.4 Å². The fraction of sp³-hybridized carbons (Fsp3) is 0.250. The van der Waals surface area contributed by atoms with Crippen molar-refractivity contribution in [3.63, 3.8) is 0 Å². The van der Waals surface area contributed by atoms with Gasteiger partial charge in [0.1, 0.15) is 18.1 Å². The number of aromatic hydroxyl groups is 2. The monoisotopic (exact) mass is 491 g/mol. The average molecular weight is 492 g/mol. The summed E-state index contributed by atoms with van der Waals surface area (Å²) in [5.41, 5.74) is 1.56. The van der Waals surface area contributed by atoms with Crippen molar-refractivity contribution in [1.29, 1.82) is 0 Å². The molecular weight excluding hydrogens is 465 g/mol. The van der Waals surface area contributed by atoms with Crippen LogP contribution >= 0.6 is 11.3 Å². The minimum absolute atomic E-state index is 0.113. The zero-order valence-electron chi connectivity index (χ0n) is 19.2. The highest BCUT2D eigenvalue weighted by Gasteiger charge is 2.23. The molecule has 0 radical (unpaired) electrons. The summed E-state index contributed by atoms with van der Waals surface area (Å²) in [6, 6.07) is 16.1. The van der Waals surface area contributed by atoms with Crippen LogP contribution in [0.3, 0.4) is 0 Å². The number of carbonyl (C=O) groups is 1. The molecule has 0 bridgehead atoms. The van der Waals surface area contributed by atoms with Gasteiger partial charge >= 0.3 is 0 Å². The molecule has 4 aromatic rings. The molecule has 0 spiro atoms. The van der Waals surface area contributed by atoms with Gasteiger partial charge in [-0.1, -0.05) is 6.42 Å². The molecule has 5 rings (SSSR count). The Kier molecular flexibility index (Phi) is 6.70. The number of phenols is 2. The van der Waals surface area contributed by atoms with Crippen molar-refractivity contribution >= 4 is 27.2 Å². The molecule has 0 aliphatic carbocycles. The van der Waals surface area contributed by atoms with Gasteiger partial charge in [0, 0.05) is 38.7 Å². The number of rotatable bonds is 7. The Balaban J connectivity index is 1.42. The molecule has 1 aliphatic heterocycles. The molecule has 0 saturated carbocycles. The van der Waals surface area contributed by atoms with E-state index in [1.807, 2.05) is 0 Å². The standard InChI is InChI=1S/C28H26FNO4S/c29-23-16-22-25(17-24(23)32)35-28(19-4-8-20(31)9-5-19)26(22)27(33)18-6-10-21(11-7-18)34-15-14-30-12-2-1-3-13-30/h4-11,16-17,31-32H,1-3,12-15H2. The first kappa shape index (κ1) is 23.3. The smallest absolute Gasteiger partial charge is 0.195 e. The maximum atomic E-state index is 14.3. The molecule has 1 fully saturated rings. The van der Waals surface area contributed by atoms with Crippen LogP contribution in [0.2, 0.25) is 0 Å². The van der Waals surface area contributed by atoms with Crippen LogP contribution < -0.4 is 4.74 Å². The summed E-state index contributed by atoms with van der Waals surface area (Å²) in [5.74, 6) is -0.671.